The molecule has 2 aliphatic heterocycles. The average molecular weight is 408 g/mol. The van der Waals surface area contributed by atoms with Gasteiger partial charge >= 0.3 is 5.97 Å². The molecule has 3 rings (SSSR count). The molecule has 2 amide bonds. The first-order chi connectivity index (χ1) is 13.2. The van der Waals surface area contributed by atoms with Gasteiger partial charge in [0.2, 0.25) is 0 Å². The molecule has 1 aromatic heterocycles. The Balaban J connectivity index is 1.81. The van der Waals surface area contributed by atoms with E-state index in [-0.39, 0.29) is 35.2 Å². The summed E-state index contributed by atoms with van der Waals surface area (Å²) in [5.41, 5.74) is 5.20. The zero-order valence-corrected chi connectivity index (χ0v) is 15.6. The maximum absolute atomic E-state index is 12.7. The number of oxime groups is 1. The largest absolute Gasteiger partial charge is 0.477 e. The number of aliphatic carboxylic acids is 1. The summed E-state index contributed by atoms with van der Waals surface area (Å²) in [6, 6.07) is -1.03. The molecule has 28 heavy (non-hydrogen) atoms. The lowest BCUT2D eigenvalue weighted by atomic mass is 10.1. The van der Waals surface area contributed by atoms with E-state index in [1.54, 1.807) is 0 Å². The van der Waals surface area contributed by atoms with Gasteiger partial charge in [-0.2, -0.15) is 0 Å². The summed E-state index contributed by atoms with van der Waals surface area (Å²) >= 11 is 1.10. The van der Waals surface area contributed by atoms with Crippen molar-refractivity contribution >= 4 is 45.7 Å². The third kappa shape index (κ3) is 3.32. The van der Waals surface area contributed by atoms with Crippen LogP contribution in [-0.4, -0.2) is 75.6 Å². The fourth-order valence-corrected chi connectivity index (χ4v) is 3.50. The molecule has 1 atom stereocenters. The summed E-state index contributed by atoms with van der Waals surface area (Å²) in [5.74, 6) is -3.24. The number of aromatic nitrogens is 1. The number of ketones is 1. The Labute approximate surface area is 162 Å². The predicted molar refractivity (Wildman–Crippen MR) is 95.8 cm³/mol. The van der Waals surface area contributed by atoms with Gasteiger partial charge in [0.25, 0.3) is 11.8 Å². The molecule has 1 fully saturated rings. The van der Waals surface area contributed by atoms with Gasteiger partial charge in [0.1, 0.15) is 18.8 Å². The van der Waals surface area contributed by atoms with Crippen molar-refractivity contribution in [3.05, 3.63) is 22.3 Å². The molecule has 3 heterocycles. The number of hydrazine groups is 1. The zero-order chi connectivity index (χ0) is 20.6. The second-order valence-electron chi connectivity index (χ2n) is 5.91. The van der Waals surface area contributed by atoms with Crippen LogP contribution < -0.4 is 11.1 Å². The van der Waals surface area contributed by atoms with E-state index in [4.69, 9.17) is 5.73 Å². The van der Waals surface area contributed by atoms with Gasteiger partial charge in [-0.25, -0.2) is 19.8 Å². The molecular weight excluding hydrogens is 392 g/mol. The third-order valence-corrected chi connectivity index (χ3v) is 4.79. The number of amides is 2. The number of carbonyl (C=O) groups excluding carboxylic acids is 3. The number of thiazole rings is 1. The van der Waals surface area contributed by atoms with Crippen LogP contribution in [0.15, 0.2) is 21.8 Å². The van der Waals surface area contributed by atoms with Gasteiger partial charge in [-0.15, -0.1) is 11.3 Å². The standard InChI is InChI=1S/C15H16N6O6S/c1-6(22)7-3-20-4-8(13(24)21(20)11(7)14(25)26)17-12(23)10(19-27-2)9-5-28-15(16)18-9/h5,8H,3-4H2,1-2H3,(H2,16,18)(H,17,23)(H,25,26)/b19-10+. The fraction of sp³-hybridized carbons (Fsp3) is 0.333. The van der Waals surface area contributed by atoms with E-state index in [0.29, 0.717) is 0 Å². The van der Waals surface area contributed by atoms with Crippen LogP contribution >= 0.6 is 11.3 Å². The molecule has 12 nitrogen and oxygen atoms in total. The quantitative estimate of drug-likeness (QED) is 0.377. The van der Waals surface area contributed by atoms with Crippen LogP contribution in [-0.2, 0) is 24.0 Å². The van der Waals surface area contributed by atoms with Crippen molar-refractivity contribution in [3.8, 4) is 0 Å². The smallest absolute Gasteiger partial charge is 0.354 e. The van der Waals surface area contributed by atoms with Crippen molar-refractivity contribution in [1.29, 1.82) is 0 Å². The molecule has 0 saturated carbocycles. The number of nitrogens with one attached hydrogen (secondary N) is 1. The normalized spacial score (nSPS) is 19.8. The van der Waals surface area contributed by atoms with Crippen molar-refractivity contribution in [2.75, 3.05) is 25.9 Å². The number of hydrogen-bond acceptors (Lipinski definition) is 10. The summed E-state index contributed by atoms with van der Waals surface area (Å²) < 4.78 is 0. The van der Waals surface area contributed by atoms with Crippen LogP contribution in [0.4, 0.5) is 5.13 Å². The van der Waals surface area contributed by atoms with E-state index in [2.05, 4.69) is 20.3 Å². The third-order valence-electron chi connectivity index (χ3n) is 4.12. The summed E-state index contributed by atoms with van der Waals surface area (Å²) in [4.78, 5) is 57.1. The minimum Gasteiger partial charge on any atom is -0.477 e. The lowest BCUT2D eigenvalue weighted by molar-refractivity contribution is -0.143. The van der Waals surface area contributed by atoms with Gasteiger partial charge in [-0.05, 0) is 6.92 Å². The first-order valence-corrected chi connectivity index (χ1v) is 8.82. The average Bonchev–Trinajstić information content (AvgIpc) is 3.28. The Morgan fingerprint density at radius 3 is 2.71 bits per heavy atom. The summed E-state index contributed by atoms with van der Waals surface area (Å²) in [7, 11) is 1.25. The van der Waals surface area contributed by atoms with Gasteiger partial charge < -0.3 is 21.0 Å². The SMILES string of the molecule is CO/N=C(/C(=O)NC1CN2CC(C(C)=O)=C(C(=O)O)N2C1=O)c1csc(N)n1. The lowest BCUT2D eigenvalue weighted by Gasteiger charge is -2.19. The molecular formula is C15H16N6O6S. The minimum absolute atomic E-state index is 0.00238. The van der Waals surface area contributed by atoms with Crippen molar-refractivity contribution in [2.45, 2.75) is 13.0 Å². The molecule has 148 valence electrons. The summed E-state index contributed by atoms with van der Waals surface area (Å²) in [6.07, 6.45) is 0. The molecule has 0 aliphatic carbocycles. The molecule has 1 aromatic rings. The van der Waals surface area contributed by atoms with E-state index in [0.717, 1.165) is 16.3 Å². The van der Waals surface area contributed by atoms with Crippen LogP contribution in [0.1, 0.15) is 12.6 Å². The number of carbonyl (C=O) groups is 4. The van der Waals surface area contributed by atoms with E-state index in [1.807, 2.05) is 0 Å². The Kier molecular flexibility index (Phi) is 5.11. The van der Waals surface area contributed by atoms with E-state index >= 15 is 0 Å². The van der Waals surface area contributed by atoms with Gasteiger partial charge in [0.15, 0.2) is 22.3 Å². The molecule has 0 aromatic carbocycles. The van der Waals surface area contributed by atoms with Crippen LogP contribution in [0.3, 0.4) is 0 Å². The number of carboxylic acid groups (broad SMARTS) is 1. The Morgan fingerprint density at radius 2 is 2.18 bits per heavy atom. The molecule has 13 heteroatoms. The van der Waals surface area contributed by atoms with Gasteiger partial charge in [-0.3, -0.25) is 14.4 Å². The Hall–Kier alpha value is -3.32. The number of Topliss-reactive ketones (excluding diaryl/α,β-unsaturated/α-hetero) is 1. The van der Waals surface area contributed by atoms with Crippen molar-refractivity contribution < 1.29 is 29.1 Å². The monoisotopic (exact) mass is 408 g/mol. The molecule has 1 unspecified atom stereocenters. The number of nitrogens with zero attached hydrogens (tertiary/aromatic N) is 4. The molecule has 0 spiro atoms. The number of carboxylic acids is 1. The topological polar surface area (TPSA) is 168 Å². The Morgan fingerprint density at radius 1 is 1.46 bits per heavy atom. The second kappa shape index (κ2) is 7.36. The zero-order valence-electron chi connectivity index (χ0n) is 14.8. The molecule has 2 aliphatic rings. The number of hydrogen-bond donors (Lipinski definition) is 3. The second-order valence-corrected chi connectivity index (χ2v) is 6.79. The van der Waals surface area contributed by atoms with Gasteiger partial charge in [-0.1, -0.05) is 5.16 Å². The number of rotatable bonds is 6. The maximum atomic E-state index is 12.7. The Bertz CT molecular complexity index is 937. The van der Waals surface area contributed by atoms with Crippen LogP contribution in [0.25, 0.3) is 0 Å². The summed E-state index contributed by atoms with van der Waals surface area (Å²) in [5, 5.41) is 19.6. The van der Waals surface area contributed by atoms with Crippen molar-refractivity contribution in [2.24, 2.45) is 5.16 Å². The molecule has 0 bridgehead atoms. The van der Waals surface area contributed by atoms with Crippen LogP contribution in [0.2, 0.25) is 0 Å². The van der Waals surface area contributed by atoms with Crippen LogP contribution in [0.5, 0.6) is 0 Å². The molecule has 1 saturated heterocycles. The predicted octanol–water partition coefficient (Wildman–Crippen LogP) is -1.44. The number of nitrogen functional groups attached to an aromatic ring is 1. The van der Waals surface area contributed by atoms with Gasteiger partial charge in [0, 0.05) is 24.0 Å². The number of nitrogens with two attached hydrogens (primary N) is 1. The summed E-state index contributed by atoms with van der Waals surface area (Å²) in [6.45, 7) is 1.20. The van der Waals surface area contributed by atoms with E-state index < -0.39 is 35.3 Å². The minimum atomic E-state index is -1.40. The van der Waals surface area contributed by atoms with E-state index in [9.17, 15) is 24.3 Å². The van der Waals surface area contributed by atoms with E-state index in [1.165, 1.54) is 24.4 Å². The van der Waals surface area contributed by atoms with Gasteiger partial charge in [0.05, 0.1) is 0 Å². The maximum Gasteiger partial charge on any atom is 0.354 e. The number of fused-ring (bicyclic) bond motifs is 1. The van der Waals surface area contributed by atoms with Crippen molar-refractivity contribution in [3.63, 3.8) is 0 Å². The highest BCUT2D eigenvalue weighted by Gasteiger charge is 2.49. The number of anilines is 1. The molecule has 0 radical (unpaired) electrons. The highest BCUT2D eigenvalue weighted by molar-refractivity contribution is 7.13. The molecule has 4 N–H and O–H groups in total. The highest BCUT2D eigenvalue weighted by atomic mass is 32.1. The van der Waals surface area contributed by atoms with Crippen molar-refractivity contribution in [1.82, 2.24) is 20.3 Å². The van der Waals surface area contributed by atoms with Crippen LogP contribution in [0, 0.1) is 0 Å². The highest BCUT2D eigenvalue weighted by Crippen LogP contribution is 2.29. The first-order valence-electron chi connectivity index (χ1n) is 7.94. The fourth-order valence-electron chi connectivity index (χ4n) is 2.95. The first kappa shape index (κ1) is 19.4. The lowest BCUT2D eigenvalue weighted by Crippen LogP contribution is -2.46.